The lowest BCUT2D eigenvalue weighted by molar-refractivity contribution is 0.414. The fraction of sp³-hybridized carbons (Fsp3) is 0.250. The second-order valence-electron chi connectivity index (χ2n) is 7.58. The molecular weight excluding hydrogens is 378 g/mol. The van der Waals surface area contributed by atoms with Gasteiger partial charge in [-0.3, -0.25) is 5.41 Å². The summed E-state index contributed by atoms with van der Waals surface area (Å²) in [5.74, 6) is 2.63. The van der Waals surface area contributed by atoms with E-state index in [1.807, 2.05) is 53.1 Å². The molecule has 0 bridgehead atoms. The molecule has 2 aromatic carbocycles. The van der Waals surface area contributed by atoms with E-state index in [0.29, 0.717) is 34.8 Å². The normalized spacial score (nSPS) is 11.2. The Labute approximate surface area is 175 Å². The molecule has 30 heavy (non-hydrogen) atoms. The number of hydrogen-bond donors (Lipinski definition) is 1. The molecule has 0 aliphatic rings. The number of ether oxygens (including phenoxy) is 2. The summed E-state index contributed by atoms with van der Waals surface area (Å²) in [6, 6.07) is 15.5. The molecule has 0 radical (unpaired) electrons. The predicted molar refractivity (Wildman–Crippen MR) is 117 cm³/mol. The molecule has 154 valence electrons. The largest absolute Gasteiger partial charge is 0.497 e. The molecule has 0 unspecified atom stereocenters. The van der Waals surface area contributed by atoms with Crippen LogP contribution in [0.2, 0.25) is 0 Å². The zero-order valence-electron chi connectivity index (χ0n) is 17.6. The van der Waals surface area contributed by atoms with Gasteiger partial charge >= 0.3 is 0 Å². The first-order valence-electron chi connectivity index (χ1n) is 9.87. The van der Waals surface area contributed by atoms with E-state index in [1.165, 1.54) is 0 Å². The molecule has 2 heterocycles. The van der Waals surface area contributed by atoms with Crippen LogP contribution in [0.1, 0.15) is 13.8 Å². The fourth-order valence-corrected chi connectivity index (χ4v) is 3.56. The van der Waals surface area contributed by atoms with Crippen LogP contribution in [0.25, 0.3) is 33.6 Å². The van der Waals surface area contributed by atoms with Crippen molar-refractivity contribution in [2.45, 2.75) is 20.4 Å². The molecule has 0 spiro atoms. The first-order chi connectivity index (χ1) is 14.5. The van der Waals surface area contributed by atoms with Crippen molar-refractivity contribution in [3.63, 3.8) is 0 Å². The third-order valence-corrected chi connectivity index (χ3v) is 5.02. The second-order valence-corrected chi connectivity index (χ2v) is 7.58. The van der Waals surface area contributed by atoms with Gasteiger partial charge in [-0.05, 0) is 47.9 Å². The van der Waals surface area contributed by atoms with Gasteiger partial charge in [0.25, 0.3) is 0 Å². The summed E-state index contributed by atoms with van der Waals surface area (Å²) < 4.78 is 18.7. The molecule has 0 aliphatic heterocycles. The van der Waals surface area contributed by atoms with Crippen LogP contribution < -0.4 is 15.0 Å². The Morgan fingerprint density at radius 2 is 1.50 bits per heavy atom. The molecule has 4 rings (SSSR count). The highest BCUT2D eigenvalue weighted by Crippen LogP contribution is 2.39. The van der Waals surface area contributed by atoms with Gasteiger partial charge < -0.3 is 18.5 Å². The Hall–Kier alpha value is -3.54. The lowest BCUT2D eigenvalue weighted by atomic mass is 9.99. The van der Waals surface area contributed by atoms with Gasteiger partial charge in [-0.2, -0.15) is 0 Å². The highest BCUT2D eigenvalue weighted by Gasteiger charge is 2.21. The van der Waals surface area contributed by atoms with Crippen LogP contribution in [0, 0.1) is 11.3 Å². The summed E-state index contributed by atoms with van der Waals surface area (Å²) in [6.45, 7) is 4.96. The number of hydrogen-bond acceptors (Lipinski definition) is 5. The smallest absolute Gasteiger partial charge is 0.232 e. The molecule has 0 saturated heterocycles. The lowest BCUT2D eigenvalue weighted by Gasteiger charge is -2.10. The van der Waals surface area contributed by atoms with Gasteiger partial charge in [0.1, 0.15) is 29.1 Å². The molecule has 0 atom stereocenters. The molecule has 0 saturated carbocycles. The Balaban J connectivity index is 1.99. The summed E-state index contributed by atoms with van der Waals surface area (Å²) >= 11 is 0. The Morgan fingerprint density at radius 3 is 2.03 bits per heavy atom. The van der Waals surface area contributed by atoms with Gasteiger partial charge in [0.05, 0.1) is 19.6 Å². The van der Waals surface area contributed by atoms with Crippen LogP contribution in [0.3, 0.4) is 0 Å². The molecule has 6 nitrogen and oxygen atoms in total. The number of furan rings is 1. The molecule has 1 N–H and O–H groups in total. The van der Waals surface area contributed by atoms with Crippen molar-refractivity contribution in [1.29, 1.82) is 5.41 Å². The van der Waals surface area contributed by atoms with Crippen LogP contribution in [0.15, 0.2) is 59.3 Å². The van der Waals surface area contributed by atoms with Crippen molar-refractivity contribution >= 4 is 11.1 Å². The summed E-state index contributed by atoms with van der Waals surface area (Å²) in [5, 5.41) is 9.56. The third kappa shape index (κ3) is 3.56. The Kier molecular flexibility index (Phi) is 5.31. The minimum atomic E-state index is 0.392. The number of aromatic nitrogens is 2. The highest BCUT2D eigenvalue weighted by molar-refractivity contribution is 5.99. The van der Waals surface area contributed by atoms with Gasteiger partial charge in [-0.1, -0.05) is 26.0 Å². The first-order valence-corrected chi connectivity index (χ1v) is 9.87. The monoisotopic (exact) mass is 403 g/mol. The second kappa shape index (κ2) is 8.06. The van der Waals surface area contributed by atoms with Gasteiger partial charge in [-0.15, -0.1) is 0 Å². The van der Waals surface area contributed by atoms with E-state index >= 15 is 0 Å². The SMILES string of the molecule is COc1ccc(-c2oc3ncn(CC(C)C)c(=N)c3c2-c2ccc(OC)cc2)cc1. The number of nitrogens with one attached hydrogen (secondary N) is 1. The number of benzene rings is 2. The zero-order valence-corrected chi connectivity index (χ0v) is 17.6. The average Bonchev–Trinajstić information content (AvgIpc) is 3.16. The van der Waals surface area contributed by atoms with Crippen LogP contribution in [-0.4, -0.2) is 23.8 Å². The van der Waals surface area contributed by atoms with E-state index in [4.69, 9.17) is 19.3 Å². The maximum absolute atomic E-state index is 8.86. The zero-order chi connectivity index (χ0) is 21.3. The fourth-order valence-electron chi connectivity index (χ4n) is 3.56. The molecule has 0 fully saturated rings. The van der Waals surface area contributed by atoms with Gasteiger partial charge in [0.2, 0.25) is 5.71 Å². The van der Waals surface area contributed by atoms with Crippen LogP contribution in [-0.2, 0) is 6.54 Å². The van der Waals surface area contributed by atoms with Gasteiger partial charge in [0.15, 0.2) is 0 Å². The minimum Gasteiger partial charge on any atom is -0.497 e. The Morgan fingerprint density at radius 1 is 0.933 bits per heavy atom. The third-order valence-electron chi connectivity index (χ3n) is 5.02. The summed E-state index contributed by atoms with van der Waals surface area (Å²) in [6.07, 6.45) is 1.68. The Bertz CT molecular complexity index is 1220. The maximum Gasteiger partial charge on any atom is 0.232 e. The van der Waals surface area contributed by atoms with E-state index in [0.717, 1.165) is 28.2 Å². The van der Waals surface area contributed by atoms with Crippen molar-refractivity contribution in [1.82, 2.24) is 9.55 Å². The van der Waals surface area contributed by atoms with Crippen molar-refractivity contribution in [3.8, 4) is 33.9 Å². The average molecular weight is 403 g/mol. The van der Waals surface area contributed by atoms with Crippen LogP contribution >= 0.6 is 0 Å². The summed E-state index contributed by atoms with van der Waals surface area (Å²) in [4.78, 5) is 4.52. The highest BCUT2D eigenvalue weighted by atomic mass is 16.5. The van der Waals surface area contributed by atoms with Gasteiger partial charge in [0, 0.05) is 17.7 Å². The number of fused-ring (bicyclic) bond motifs is 1. The molecule has 0 amide bonds. The standard InChI is InChI=1S/C24H25N3O3/c1-15(2)13-27-14-26-24-21(23(27)25)20(16-5-9-18(28-3)10-6-16)22(30-24)17-7-11-19(29-4)12-8-17/h5-12,14-15,25H,13H2,1-4H3. The van der Waals surface area contributed by atoms with Crippen LogP contribution in [0.4, 0.5) is 0 Å². The number of methoxy groups -OCH3 is 2. The van der Waals surface area contributed by atoms with Crippen molar-refractivity contribution < 1.29 is 13.9 Å². The van der Waals surface area contributed by atoms with E-state index in [9.17, 15) is 0 Å². The van der Waals surface area contributed by atoms with Crippen molar-refractivity contribution in [2.75, 3.05) is 14.2 Å². The molecule has 6 heteroatoms. The topological polar surface area (TPSA) is 73.3 Å². The van der Waals surface area contributed by atoms with E-state index in [1.54, 1.807) is 20.5 Å². The van der Waals surface area contributed by atoms with E-state index in [2.05, 4.69) is 18.8 Å². The van der Waals surface area contributed by atoms with E-state index in [-0.39, 0.29) is 0 Å². The molecule has 2 aromatic heterocycles. The number of nitrogens with zero attached hydrogens (tertiary/aromatic N) is 2. The first kappa shape index (κ1) is 19.8. The number of rotatable bonds is 6. The summed E-state index contributed by atoms with van der Waals surface area (Å²) in [5.41, 5.74) is 3.54. The molecule has 0 aliphatic carbocycles. The quantitative estimate of drug-likeness (QED) is 0.485. The lowest BCUT2D eigenvalue weighted by Crippen LogP contribution is -2.22. The van der Waals surface area contributed by atoms with Crippen molar-refractivity contribution in [3.05, 3.63) is 60.3 Å². The minimum absolute atomic E-state index is 0.392. The molecular formula is C24H25N3O3. The summed E-state index contributed by atoms with van der Waals surface area (Å²) in [7, 11) is 3.29. The van der Waals surface area contributed by atoms with Gasteiger partial charge in [-0.25, -0.2) is 4.98 Å². The maximum atomic E-state index is 8.86. The predicted octanol–water partition coefficient (Wildman–Crippen LogP) is 5.12. The van der Waals surface area contributed by atoms with Crippen molar-refractivity contribution in [2.24, 2.45) is 5.92 Å². The van der Waals surface area contributed by atoms with E-state index < -0.39 is 0 Å². The van der Waals surface area contributed by atoms with Crippen LogP contribution in [0.5, 0.6) is 11.5 Å². The molecule has 4 aromatic rings.